The molecule has 0 bridgehead atoms. The van der Waals surface area contributed by atoms with Crippen molar-refractivity contribution in [2.75, 3.05) is 51.0 Å². The van der Waals surface area contributed by atoms with Gasteiger partial charge >= 0.3 is 5.97 Å². The second-order valence-corrected chi connectivity index (χ2v) is 10.9. The van der Waals surface area contributed by atoms with Crippen LogP contribution in [0.25, 0.3) is 0 Å². The number of esters is 1. The maximum absolute atomic E-state index is 15.5. The maximum atomic E-state index is 15.5. The van der Waals surface area contributed by atoms with Gasteiger partial charge in [0.1, 0.15) is 11.6 Å². The van der Waals surface area contributed by atoms with E-state index in [4.69, 9.17) is 24.4 Å². The van der Waals surface area contributed by atoms with Crippen molar-refractivity contribution in [1.82, 2.24) is 4.90 Å². The van der Waals surface area contributed by atoms with Gasteiger partial charge in [0.2, 0.25) is 0 Å². The minimum atomic E-state index is -0.653. The topological polar surface area (TPSA) is 101 Å². The number of hydrogen-bond donors (Lipinski definition) is 1. The van der Waals surface area contributed by atoms with Crippen molar-refractivity contribution in [1.29, 1.82) is 5.41 Å². The van der Waals surface area contributed by atoms with Gasteiger partial charge in [0.05, 0.1) is 37.6 Å². The number of ketones is 1. The number of Topliss-reactive ketones (excluding diaryl/α,β-unsaturated/α-hetero) is 1. The summed E-state index contributed by atoms with van der Waals surface area (Å²) in [6, 6.07) is 5.26. The van der Waals surface area contributed by atoms with Crippen molar-refractivity contribution in [3.8, 4) is 17.2 Å². The van der Waals surface area contributed by atoms with Crippen LogP contribution in [-0.2, 0) is 21.5 Å². The third-order valence-corrected chi connectivity index (χ3v) is 7.05. The van der Waals surface area contributed by atoms with Crippen LogP contribution in [0.2, 0.25) is 0 Å². The minimum Gasteiger partial charge on any atom is -0.490 e. The Labute approximate surface area is 248 Å². The third-order valence-electron chi connectivity index (χ3n) is 7.05. The number of carbonyl (C=O) groups is 2. The Morgan fingerprint density at radius 1 is 0.952 bits per heavy atom. The average molecular weight is 586 g/mol. The molecular formula is C32H44FN3O6. The van der Waals surface area contributed by atoms with Crippen LogP contribution < -0.4 is 19.1 Å². The molecule has 0 aliphatic carbocycles. The fourth-order valence-electron chi connectivity index (χ4n) is 5.04. The quantitative estimate of drug-likeness (QED) is 0.222. The monoisotopic (exact) mass is 585 g/mol. The number of hydrogen-bond acceptors (Lipinski definition) is 8. The Morgan fingerprint density at radius 2 is 1.62 bits per heavy atom. The summed E-state index contributed by atoms with van der Waals surface area (Å²) in [6.07, 6.45) is 0. The number of nitrogens with zero attached hydrogens (tertiary/aromatic N) is 2. The third kappa shape index (κ3) is 6.97. The zero-order valence-electron chi connectivity index (χ0n) is 26.1. The molecule has 0 unspecified atom stereocenters. The summed E-state index contributed by atoms with van der Waals surface area (Å²) < 4.78 is 37.8. The molecule has 0 saturated carbocycles. The lowest BCUT2D eigenvalue weighted by Crippen LogP contribution is -2.31. The summed E-state index contributed by atoms with van der Waals surface area (Å²) in [6.45, 7) is 17.3. The number of fused-ring (bicyclic) bond motifs is 1. The molecule has 3 rings (SSSR count). The van der Waals surface area contributed by atoms with E-state index in [-0.39, 0.29) is 61.6 Å². The molecule has 0 atom stereocenters. The molecule has 0 fully saturated rings. The number of nitrogens with one attached hydrogen (secondary N) is 1. The lowest BCUT2D eigenvalue weighted by atomic mass is 9.84. The van der Waals surface area contributed by atoms with E-state index in [1.54, 1.807) is 43.9 Å². The van der Waals surface area contributed by atoms with Crippen LogP contribution in [-0.4, -0.2) is 68.5 Å². The zero-order valence-corrected chi connectivity index (χ0v) is 26.1. The number of halogens is 1. The van der Waals surface area contributed by atoms with Crippen molar-refractivity contribution < 1.29 is 32.9 Å². The van der Waals surface area contributed by atoms with Crippen LogP contribution in [0.15, 0.2) is 18.2 Å². The molecule has 9 nitrogen and oxygen atoms in total. The van der Waals surface area contributed by atoms with Gasteiger partial charge in [0.15, 0.2) is 29.7 Å². The number of ether oxygens (including phenoxy) is 4. The highest BCUT2D eigenvalue weighted by molar-refractivity contribution is 6.06. The van der Waals surface area contributed by atoms with Crippen molar-refractivity contribution >= 4 is 23.3 Å². The first kappa shape index (κ1) is 32.7. The van der Waals surface area contributed by atoms with E-state index < -0.39 is 17.2 Å². The Bertz CT molecular complexity index is 1320. The first-order valence-electron chi connectivity index (χ1n) is 14.6. The molecule has 0 spiro atoms. The Balaban J connectivity index is 2.00. The molecular weight excluding hydrogens is 541 g/mol. The highest BCUT2D eigenvalue weighted by Gasteiger charge is 2.34. The zero-order chi connectivity index (χ0) is 31.2. The summed E-state index contributed by atoms with van der Waals surface area (Å²) in [4.78, 5) is 29.6. The highest BCUT2D eigenvalue weighted by atomic mass is 19.1. The van der Waals surface area contributed by atoms with Crippen molar-refractivity contribution in [3.05, 3.63) is 46.3 Å². The van der Waals surface area contributed by atoms with Gasteiger partial charge < -0.3 is 28.7 Å². The van der Waals surface area contributed by atoms with Crippen molar-refractivity contribution in [3.63, 3.8) is 0 Å². The van der Waals surface area contributed by atoms with E-state index in [1.807, 2.05) is 34.6 Å². The van der Waals surface area contributed by atoms with E-state index in [1.165, 1.54) is 0 Å². The van der Waals surface area contributed by atoms with Gasteiger partial charge in [-0.1, -0.05) is 20.8 Å². The van der Waals surface area contributed by atoms with Crippen LogP contribution in [0.3, 0.4) is 0 Å². The average Bonchev–Trinajstić information content (AvgIpc) is 3.24. The lowest BCUT2D eigenvalue weighted by molar-refractivity contribution is -0.145. The number of rotatable bonds is 14. The van der Waals surface area contributed by atoms with Gasteiger partial charge in [-0.25, -0.2) is 9.18 Å². The molecule has 0 amide bonds. The lowest BCUT2D eigenvalue weighted by Gasteiger charge is -2.30. The second kappa shape index (κ2) is 13.9. The van der Waals surface area contributed by atoms with Gasteiger partial charge in [-0.15, -0.1) is 0 Å². The van der Waals surface area contributed by atoms with E-state index in [0.717, 1.165) is 5.56 Å². The first-order valence-corrected chi connectivity index (χ1v) is 14.6. The molecule has 2 aromatic carbocycles. The molecule has 0 saturated heterocycles. The van der Waals surface area contributed by atoms with Gasteiger partial charge in [0, 0.05) is 30.8 Å². The van der Waals surface area contributed by atoms with Crippen molar-refractivity contribution in [2.24, 2.45) is 0 Å². The van der Waals surface area contributed by atoms with Gasteiger partial charge in [-0.3, -0.25) is 10.2 Å². The molecule has 0 aromatic heterocycles. The molecule has 2 aromatic rings. The number of carbonyl (C=O) groups excluding carboxylic acids is 2. The van der Waals surface area contributed by atoms with Crippen LogP contribution in [0, 0.1) is 11.2 Å². The molecule has 10 heteroatoms. The molecule has 1 heterocycles. The molecule has 0 radical (unpaired) electrons. The van der Waals surface area contributed by atoms with E-state index in [9.17, 15) is 9.59 Å². The maximum Gasteiger partial charge on any atom is 0.344 e. The van der Waals surface area contributed by atoms with Crippen LogP contribution >= 0.6 is 0 Å². The Kier molecular flexibility index (Phi) is 10.8. The SMILES string of the molecule is CCOC(=O)COc1c(N(CC)CC)cc(C(=O)CN2Cc3cc(OCC)c(OCC)c(F)c3C2=N)cc1C(C)(C)C. The van der Waals surface area contributed by atoms with Crippen LogP contribution in [0.1, 0.15) is 82.4 Å². The normalized spacial score (nSPS) is 12.7. The van der Waals surface area contributed by atoms with Crippen LogP contribution in [0.4, 0.5) is 10.1 Å². The Morgan fingerprint density at radius 3 is 2.19 bits per heavy atom. The molecule has 1 aliphatic rings. The van der Waals surface area contributed by atoms with Crippen LogP contribution in [0.5, 0.6) is 17.2 Å². The number of benzene rings is 2. The van der Waals surface area contributed by atoms with E-state index >= 15 is 4.39 Å². The fraction of sp³-hybridized carbons (Fsp3) is 0.531. The fourth-order valence-corrected chi connectivity index (χ4v) is 5.04. The van der Waals surface area contributed by atoms with Crippen molar-refractivity contribution in [2.45, 2.75) is 67.3 Å². The smallest absolute Gasteiger partial charge is 0.344 e. The molecule has 230 valence electrons. The van der Waals surface area contributed by atoms with E-state index in [0.29, 0.717) is 42.3 Å². The molecule has 42 heavy (non-hydrogen) atoms. The summed E-state index contributed by atoms with van der Waals surface area (Å²) in [5, 5.41) is 8.73. The first-order chi connectivity index (χ1) is 19.9. The Hall–Kier alpha value is -3.82. The second-order valence-electron chi connectivity index (χ2n) is 10.9. The van der Waals surface area contributed by atoms with Gasteiger partial charge in [-0.05, 0) is 63.8 Å². The summed E-state index contributed by atoms with van der Waals surface area (Å²) in [5.74, 6) is -0.622. The summed E-state index contributed by atoms with van der Waals surface area (Å²) in [5.41, 5.74) is 2.18. The predicted octanol–water partition coefficient (Wildman–Crippen LogP) is 5.73. The summed E-state index contributed by atoms with van der Waals surface area (Å²) >= 11 is 0. The number of anilines is 1. The standard InChI is InChI=1S/C32H44FN3O6/c1-9-35(10-2)23-15-20(14-22(32(6,7)8)29(23)42-19-26(38)40-12-4)24(37)18-36-17-21-16-25(39-11-3)30(41-13-5)28(33)27(21)31(36)34/h14-16,34H,9-13,17-19H2,1-8H3. The van der Waals surface area contributed by atoms with E-state index in [2.05, 4.69) is 4.90 Å². The minimum absolute atomic E-state index is 0.0203. The van der Waals surface area contributed by atoms with Gasteiger partial charge in [0.25, 0.3) is 0 Å². The number of amidine groups is 1. The molecule has 1 aliphatic heterocycles. The molecule has 1 N–H and O–H groups in total. The van der Waals surface area contributed by atoms with Gasteiger partial charge in [-0.2, -0.15) is 0 Å². The largest absolute Gasteiger partial charge is 0.490 e. The highest BCUT2D eigenvalue weighted by Crippen LogP contribution is 2.42. The predicted molar refractivity (Wildman–Crippen MR) is 161 cm³/mol. The summed E-state index contributed by atoms with van der Waals surface area (Å²) in [7, 11) is 0.